The molecule has 2 heterocycles. The highest BCUT2D eigenvalue weighted by Crippen LogP contribution is 2.37. The molecule has 38 heavy (non-hydrogen) atoms. The molecule has 1 atom stereocenters. The maximum Gasteiger partial charge on any atom is 0.330 e. The van der Waals surface area contributed by atoms with Crippen LogP contribution < -0.4 is 10.2 Å². The van der Waals surface area contributed by atoms with Gasteiger partial charge in [0, 0.05) is 23.5 Å². The van der Waals surface area contributed by atoms with Crippen molar-refractivity contribution in [3.8, 4) is 11.3 Å². The molecule has 0 radical (unpaired) electrons. The number of anilines is 1. The molecule has 1 aromatic carbocycles. The van der Waals surface area contributed by atoms with Crippen molar-refractivity contribution in [2.75, 3.05) is 45.7 Å². The van der Waals surface area contributed by atoms with Gasteiger partial charge in [-0.25, -0.2) is 9.78 Å². The van der Waals surface area contributed by atoms with E-state index in [0.29, 0.717) is 42.0 Å². The molecule has 7 nitrogen and oxygen atoms in total. The molecule has 216 valence electrons. The molecule has 1 unspecified atom stereocenters. The minimum absolute atomic E-state index is 0.348. The number of carbonyl (C=O) groups is 2. The Balaban J connectivity index is 0. The van der Waals surface area contributed by atoms with E-state index in [9.17, 15) is 9.59 Å². The number of amides is 1. The fraction of sp³-hybridized carbons (Fsp3) is 0.536. The first-order chi connectivity index (χ1) is 18.2. The third-order valence-electron chi connectivity index (χ3n) is 4.77. The lowest BCUT2D eigenvalue weighted by atomic mass is 10.0. The number of nitrogens with one attached hydrogen (secondary N) is 1. The molecule has 0 bridgehead atoms. The number of halogens is 2. The number of nitrogens with zero attached hydrogens (tertiary/aromatic N) is 3. The van der Waals surface area contributed by atoms with Crippen LogP contribution in [0.2, 0.25) is 10.0 Å². The van der Waals surface area contributed by atoms with Crippen LogP contribution in [0.25, 0.3) is 11.3 Å². The standard InChI is InChI=1S/C20H23Cl2N3O3S.C2H7N.2C2H6.C2H4/c1-12(2)8-17-18(13-4-5-14(21)15(22)9-13)23-20(29-17)24-6-7-25(11-26)16(10-24)19(27)28-3;1-3-2;3*1-2/h4-5,9,11-12,16H,6-8,10H2,1-3H3;3H,1-2H3;2*1-2H3;1-2H2. The van der Waals surface area contributed by atoms with E-state index in [4.69, 9.17) is 32.9 Å². The lowest BCUT2D eigenvalue weighted by molar-refractivity contribution is -0.149. The Labute approximate surface area is 244 Å². The highest BCUT2D eigenvalue weighted by molar-refractivity contribution is 7.16. The summed E-state index contributed by atoms with van der Waals surface area (Å²) in [6, 6.07) is 4.87. The minimum Gasteiger partial charge on any atom is -0.467 e. The van der Waals surface area contributed by atoms with Crippen LogP contribution in [0.5, 0.6) is 0 Å². The SMILES string of the molecule is C=C.CC.CC.CNC.COC(=O)C1CN(c2nc(-c3ccc(Cl)c(Cl)c3)c(CC(C)C)s2)CCN1C=O. The Morgan fingerprint density at radius 1 is 1.18 bits per heavy atom. The summed E-state index contributed by atoms with van der Waals surface area (Å²) in [5.74, 6) is 0.0324. The summed E-state index contributed by atoms with van der Waals surface area (Å²) in [5, 5.41) is 4.56. The summed E-state index contributed by atoms with van der Waals surface area (Å²) in [4.78, 5) is 33.0. The van der Waals surface area contributed by atoms with E-state index in [1.54, 1.807) is 17.4 Å². The van der Waals surface area contributed by atoms with Gasteiger partial charge in [-0.2, -0.15) is 0 Å². The van der Waals surface area contributed by atoms with Crippen molar-refractivity contribution in [3.05, 3.63) is 46.3 Å². The molecular weight excluding hydrogens is 543 g/mol. The van der Waals surface area contributed by atoms with E-state index >= 15 is 0 Å². The van der Waals surface area contributed by atoms with Crippen LogP contribution >= 0.6 is 34.5 Å². The first-order valence-electron chi connectivity index (χ1n) is 12.8. The molecule has 3 rings (SSSR count). The van der Waals surface area contributed by atoms with Crippen molar-refractivity contribution in [3.63, 3.8) is 0 Å². The molecule has 10 heteroatoms. The molecule has 1 fully saturated rings. The molecule has 1 aliphatic heterocycles. The Morgan fingerprint density at radius 2 is 1.76 bits per heavy atom. The monoisotopic (exact) mass is 588 g/mol. The van der Waals surface area contributed by atoms with Crippen LogP contribution in [0, 0.1) is 5.92 Å². The molecule has 0 spiro atoms. The molecule has 1 amide bonds. The van der Waals surface area contributed by atoms with Gasteiger partial charge in [0.25, 0.3) is 0 Å². The molecule has 1 saturated heterocycles. The number of hydrogen-bond acceptors (Lipinski definition) is 7. The van der Waals surface area contributed by atoms with Gasteiger partial charge in [-0.1, -0.05) is 70.8 Å². The van der Waals surface area contributed by atoms with Crippen LogP contribution in [-0.2, 0) is 20.7 Å². The molecule has 1 aliphatic rings. The summed E-state index contributed by atoms with van der Waals surface area (Å²) in [5.41, 5.74) is 1.79. The lowest BCUT2D eigenvalue weighted by Gasteiger charge is -2.37. The summed E-state index contributed by atoms with van der Waals surface area (Å²) in [6.07, 6.45) is 1.58. The molecule has 0 aliphatic carbocycles. The Morgan fingerprint density at radius 3 is 2.24 bits per heavy atom. The first-order valence-corrected chi connectivity index (χ1v) is 14.4. The second kappa shape index (κ2) is 21.8. The number of carbonyl (C=O) groups excluding carboxylic acids is 2. The lowest BCUT2D eigenvalue weighted by Crippen LogP contribution is -2.56. The highest BCUT2D eigenvalue weighted by Gasteiger charge is 2.34. The number of hydrogen-bond donors (Lipinski definition) is 1. The number of rotatable bonds is 6. The minimum atomic E-state index is -0.642. The normalized spacial score (nSPS) is 13.8. The largest absolute Gasteiger partial charge is 0.467 e. The van der Waals surface area contributed by atoms with Crippen molar-refractivity contribution in [2.24, 2.45) is 5.92 Å². The van der Waals surface area contributed by atoms with Gasteiger partial charge in [-0.3, -0.25) is 4.79 Å². The zero-order chi connectivity index (χ0) is 29.8. The van der Waals surface area contributed by atoms with E-state index in [-0.39, 0.29) is 0 Å². The summed E-state index contributed by atoms with van der Waals surface area (Å²) >= 11 is 13.9. The Kier molecular flexibility index (Phi) is 21.8. The van der Waals surface area contributed by atoms with Crippen molar-refractivity contribution < 1.29 is 14.3 Å². The van der Waals surface area contributed by atoms with Gasteiger partial charge in [0.2, 0.25) is 6.41 Å². The average molecular weight is 590 g/mol. The molecular formula is C28H46Cl2N4O3S. The predicted octanol–water partition coefficient (Wildman–Crippen LogP) is 6.83. The van der Waals surface area contributed by atoms with Gasteiger partial charge in [-0.15, -0.1) is 24.5 Å². The van der Waals surface area contributed by atoms with Gasteiger partial charge >= 0.3 is 5.97 Å². The number of ether oxygens (including phenoxy) is 1. The van der Waals surface area contributed by atoms with Gasteiger partial charge in [-0.05, 0) is 38.6 Å². The topological polar surface area (TPSA) is 74.8 Å². The van der Waals surface area contributed by atoms with E-state index in [1.165, 1.54) is 12.0 Å². The van der Waals surface area contributed by atoms with Crippen molar-refractivity contribution in [2.45, 2.75) is 54.0 Å². The van der Waals surface area contributed by atoms with Crippen LogP contribution in [0.1, 0.15) is 46.4 Å². The van der Waals surface area contributed by atoms with Gasteiger partial charge in [0.1, 0.15) is 6.04 Å². The smallest absolute Gasteiger partial charge is 0.330 e. The Hall–Kier alpha value is -2.13. The average Bonchev–Trinajstić information content (AvgIpc) is 3.36. The predicted molar refractivity (Wildman–Crippen MR) is 166 cm³/mol. The summed E-state index contributed by atoms with van der Waals surface area (Å²) in [6.45, 7) is 19.7. The second-order valence-electron chi connectivity index (χ2n) is 7.82. The van der Waals surface area contributed by atoms with E-state index in [0.717, 1.165) is 27.7 Å². The maximum atomic E-state index is 12.1. The fourth-order valence-electron chi connectivity index (χ4n) is 3.30. The summed E-state index contributed by atoms with van der Waals surface area (Å²) in [7, 11) is 5.08. The summed E-state index contributed by atoms with van der Waals surface area (Å²) < 4.78 is 4.87. The number of aromatic nitrogens is 1. The van der Waals surface area contributed by atoms with Crippen molar-refractivity contribution in [1.29, 1.82) is 0 Å². The first kappa shape index (κ1) is 38.0. The third-order valence-corrected chi connectivity index (χ3v) is 6.65. The quantitative estimate of drug-likeness (QED) is 0.226. The van der Waals surface area contributed by atoms with Crippen LogP contribution in [0.4, 0.5) is 5.13 Å². The van der Waals surface area contributed by atoms with E-state index < -0.39 is 12.0 Å². The zero-order valence-electron chi connectivity index (χ0n) is 24.4. The highest BCUT2D eigenvalue weighted by atomic mass is 35.5. The third kappa shape index (κ3) is 11.7. The van der Waals surface area contributed by atoms with Crippen molar-refractivity contribution in [1.82, 2.24) is 15.2 Å². The number of esters is 1. The van der Waals surface area contributed by atoms with Crippen LogP contribution in [-0.4, -0.2) is 69.1 Å². The number of benzene rings is 1. The second-order valence-corrected chi connectivity index (χ2v) is 9.70. The molecule has 1 N–H and O–H groups in total. The maximum absolute atomic E-state index is 12.1. The fourth-order valence-corrected chi connectivity index (χ4v) is 4.92. The Bertz CT molecular complexity index is 941. The van der Waals surface area contributed by atoms with Crippen LogP contribution in [0.3, 0.4) is 0 Å². The molecule has 0 saturated carbocycles. The van der Waals surface area contributed by atoms with Gasteiger partial charge in [0.15, 0.2) is 5.13 Å². The number of piperazine rings is 1. The molecule has 1 aromatic heterocycles. The zero-order valence-corrected chi connectivity index (χ0v) is 26.8. The van der Waals surface area contributed by atoms with E-state index in [1.807, 2.05) is 58.8 Å². The number of methoxy groups -OCH3 is 1. The number of thiazole rings is 1. The van der Waals surface area contributed by atoms with Gasteiger partial charge < -0.3 is 19.9 Å². The van der Waals surface area contributed by atoms with Gasteiger partial charge in [0.05, 0.1) is 29.4 Å². The molecule has 2 aromatic rings. The van der Waals surface area contributed by atoms with E-state index in [2.05, 4.69) is 32.3 Å². The van der Waals surface area contributed by atoms with Crippen LogP contribution in [0.15, 0.2) is 31.4 Å². The van der Waals surface area contributed by atoms with Crippen molar-refractivity contribution >= 4 is 52.0 Å².